The average molecular weight is 389 g/mol. The fourth-order valence-electron chi connectivity index (χ4n) is 3.82. The van der Waals surface area contributed by atoms with Gasteiger partial charge in [0.1, 0.15) is 0 Å². The van der Waals surface area contributed by atoms with E-state index in [4.69, 9.17) is 0 Å². The van der Waals surface area contributed by atoms with Gasteiger partial charge in [0.05, 0.1) is 6.10 Å². The molecule has 0 bridgehead atoms. The van der Waals surface area contributed by atoms with E-state index in [1.165, 1.54) is 89.9 Å². The number of Topliss-reactive ketones (excluding diaryl/α,β-unsaturated/α-hetero) is 1. The van der Waals surface area contributed by atoms with Crippen LogP contribution >= 0.6 is 0 Å². The predicted octanol–water partition coefficient (Wildman–Crippen LogP) is 8.18. The highest BCUT2D eigenvalue weighted by Crippen LogP contribution is 2.21. The molecule has 1 aromatic rings. The van der Waals surface area contributed by atoms with Crippen molar-refractivity contribution in [3.63, 3.8) is 0 Å². The number of carbonyl (C=O) groups is 1. The van der Waals surface area contributed by atoms with Crippen LogP contribution in [0.3, 0.4) is 0 Å². The topological polar surface area (TPSA) is 37.3 Å². The Morgan fingerprint density at radius 2 is 1.11 bits per heavy atom. The number of rotatable bonds is 18. The van der Waals surface area contributed by atoms with Gasteiger partial charge in [-0.3, -0.25) is 4.79 Å². The van der Waals surface area contributed by atoms with Crippen molar-refractivity contribution in [1.29, 1.82) is 0 Å². The molecule has 0 aliphatic heterocycles. The summed E-state index contributed by atoms with van der Waals surface area (Å²) in [5.41, 5.74) is 1.64. The standard InChI is InChI=1S/C26H44O2/c1-3-4-5-6-7-8-9-10-11-12-13-14-15-16-17-18-26(28)25-21-19-24(20-22-25)23(2)27/h19-22,26,28H,3-18H2,1-2H3. The van der Waals surface area contributed by atoms with Crippen LogP contribution in [0.4, 0.5) is 0 Å². The Morgan fingerprint density at radius 1 is 0.714 bits per heavy atom. The van der Waals surface area contributed by atoms with Crippen LogP contribution in [-0.2, 0) is 0 Å². The highest BCUT2D eigenvalue weighted by atomic mass is 16.3. The van der Waals surface area contributed by atoms with Gasteiger partial charge in [-0.1, -0.05) is 128 Å². The number of hydrogen-bond donors (Lipinski definition) is 1. The van der Waals surface area contributed by atoms with Gasteiger partial charge in [-0.05, 0) is 18.9 Å². The molecule has 1 rings (SSSR count). The third kappa shape index (κ3) is 12.3. The summed E-state index contributed by atoms with van der Waals surface area (Å²) in [6, 6.07) is 7.39. The molecule has 1 aromatic carbocycles. The van der Waals surface area contributed by atoms with Crippen molar-refractivity contribution in [2.75, 3.05) is 0 Å². The first-order chi connectivity index (χ1) is 13.6. The summed E-state index contributed by atoms with van der Waals surface area (Å²) < 4.78 is 0. The number of aliphatic hydroxyl groups excluding tert-OH is 1. The molecule has 0 saturated heterocycles. The van der Waals surface area contributed by atoms with Crippen molar-refractivity contribution < 1.29 is 9.90 Å². The highest BCUT2D eigenvalue weighted by molar-refractivity contribution is 5.94. The fraction of sp³-hybridized carbons (Fsp3) is 0.731. The lowest BCUT2D eigenvalue weighted by Crippen LogP contribution is -1.99. The van der Waals surface area contributed by atoms with Crippen LogP contribution in [0.2, 0.25) is 0 Å². The number of ketones is 1. The Bertz CT molecular complexity index is 492. The molecule has 0 fully saturated rings. The second-order valence-corrected chi connectivity index (χ2v) is 8.43. The second-order valence-electron chi connectivity index (χ2n) is 8.43. The smallest absolute Gasteiger partial charge is 0.159 e. The maximum Gasteiger partial charge on any atom is 0.159 e. The Balaban J connectivity index is 1.89. The molecule has 28 heavy (non-hydrogen) atoms. The summed E-state index contributed by atoms with van der Waals surface area (Å²) in [5, 5.41) is 10.3. The monoisotopic (exact) mass is 388 g/mol. The van der Waals surface area contributed by atoms with E-state index >= 15 is 0 Å². The van der Waals surface area contributed by atoms with Gasteiger partial charge in [0.2, 0.25) is 0 Å². The number of benzene rings is 1. The Labute approximate surface area is 174 Å². The third-order valence-electron chi connectivity index (χ3n) is 5.78. The largest absolute Gasteiger partial charge is 0.388 e. The van der Waals surface area contributed by atoms with Crippen LogP contribution in [0.25, 0.3) is 0 Å². The Hall–Kier alpha value is -1.15. The molecule has 1 atom stereocenters. The number of carbonyl (C=O) groups excluding carboxylic acids is 1. The lowest BCUT2D eigenvalue weighted by atomic mass is 10.00. The first-order valence-corrected chi connectivity index (χ1v) is 11.9. The van der Waals surface area contributed by atoms with Gasteiger partial charge in [-0.15, -0.1) is 0 Å². The van der Waals surface area contributed by atoms with E-state index in [9.17, 15) is 9.90 Å². The minimum Gasteiger partial charge on any atom is -0.388 e. The van der Waals surface area contributed by atoms with Crippen molar-refractivity contribution in [1.82, 2.24) is 0 Å². The molecule has 0 aliphatic rings. The molecule has 2 heteroatoms. The van der Waals surface area contributed by atoms with E-state index in [2.05, 4.69) is 6.92 Å². The maximum absolute atomic E-state index is 11.3. The zero-order valence-corrected chi connectivity index (χ0v) is 18.6. The van der Waals surface area contributed by atoms with Gasteiger partial charge < -0.3 is 5.11 Å². The average Bonchev–Trinajstić information content (AvgIpc) is 2.70. The molecule has 2 nitrogen and oxygen atoms in total. The van der Waals surface area contributed by atoms with Crippen molar-refractivity contribution in [2.45, 2.75) is 123 Å². The van der Waals surface area contributed by atoms with Crippen LogP contribution in [0.1, 0.15) is 139 Å². The first kappa shape index (κ1) is 24.9. The van der Waals surface area contributed by atoms with E-state index < -0.39 is 6.10 Å². The maximum atomic E-state index is 11.3. The molecule has 1 N–H and O–H groups in total. The number of aliphatic hydroxyl groups is 1. The van der Waals surface area contributed by atoms with Gasteiger partial charge >= 0.3 is 0 Å². The van der Waals surface area contributed by atoms with Crippen LogP contribution in [0, 0.1) is 0 Å². The zero-order valence-electron chi connectivity index (χ0n) is 18.6. The van der Waals surface area contributed by atoms with Gasteiger partial charge in [0.15, 0.2) is 5.78 Å². The van der Waals surface area contributed by atoms with Gasteiger partial charge in [-0.2, -0.15) is 0 Å². The molecule has 0 saturated carbocycles. The SMILES string of the molecule is CCCCCCCCCCCCCCCCCC(O)c1ccc(C(C)=O)cc1. The molecule has 0 aliphatic carbocycles. The molecule has 0 aromatic heterocycles. The summed E-state index contributed by atoms with van der Waals surface area (Å²) in [4.78, 5) is 11.3. The molecule has 0 spiro atoms. The van der Waals surface area contributed by atoms with Crippen molar-refractivity contribution >= 4 is 5.78 Å². The first-order valence-electron chi connectivity index (χ1n) is 11.9. The summed E-state index contributed by atoms with van der Waals surface area (Å²) in [7, 11) is 0. The minimum atomic E-state index is -0.400. The summed E-state index contributed by atoms with van der Waals surface area (Å²) >= 11 is 0. The van der Waals surface area contributed by atoms with Crippen molar-refractivity contribution in [2.24, 2.45) is 0 Å². The third-order valence-corrected chi connectivity index (χ3v) is 5.78. The molecule has 0 heterocycles. The van der Waals surface area contributed by atoms with Crippen molar-refractivity contribution in [3.05, 3.63) is 35.4 Å². The van der Waals surface area contributed by atoms with Crippen LogP contribution in [0.15, 0.2) is 24.3 Å². The molecular formula is C26H44O2. The van der Waals surface area contributed by atoms with Crippen LogP contribution in [-0.4, -0.2) is 10.9 Å². The Morgan fingerprint density at radius 3 is 1.50 bits per heavy atom. The summed E-state index contributed by atoms with van der Waals surface area (Å²) in [6.07, 6.45) is 20.8. The van der Waals surface area contributed by atoms with Crippen LogP contribution < -0.4 is 0 Å². The van der Waals surface area contributed by atoms with E-state index in [1.807, 2.05) is 24.3 Å². The molecule has 0 amide bonds. The zero-order chi connectivity index (χ0) is 20.5. The van der Waals surface area contributed by atoms with Crippen LogP contribution in [0.5, 0.6) is 0 Å². The molecule has 0 radical (unpaired) electrons. The fourth-order valence-corrected chi connectivity index (χ4v) is 3.82. The quantitative estimate of drug-likeness (QED) is 0.203. The number of unbranched alkanes of at least 4 members (excludes halogenated alkanes) is 14. The molecular weight excluding hydrogens is 344 g/mol. The normalized spacial score (nSPS) is 12.2. The van der Waals surface area contributed by atoms with Gasteiger partial charge in [0, 0.05) is 5.56 Å². The molecule has 1 unspecified atom stereocenters. The van der Waals surface area contributed by atoms with Gasteiger partial charge in [0.25, 0.3) is 0 Å². The van der Waals surface area contributed by atoms with E-state index in [0.717, 1.165) is 18.4 Å². The predicted molar refractivity (Wildman–Crippen MR) is 121 cm³/mol. The van der Waals surface area contributed by atoms with Crippen molar-refractivity contribution in [3.8, 4) is 0 Å². The van der Waals surface area contributed by atoms with E-state index in [-0.39, 0.29) is 5.78 Å². The van der Waals surface area contributed by atoms with E-state index in [1.54, 1.807) is 6.92 Å². The molecule has 160 valence electrons. The minimum absolute atomic E-state index is 0.0726. The van der Waals surface area contributed by atoms with Gasteiger partial charge in [-0.25, -0.2) is 0 Å². The number of hydrogen-bond acceptors (Lipinski definition) is 2. The summed E-state index contributed by atoms with van der Waals surface area (Å²) in [5.74, 6) is 0.0726. The second kappa shape index (κ2) is 16.8. The lowest BCUT2D eigenvalue weighted by molar-refractivity contribution is 0.101. The Kier molecular flexibility index (Phi) is 14.9. The highest BCUT2D eigenvalue weighted by Gasteiger charge is 2.08. The lowest BCUT2D eigenvalue weighted by Gasteiger charge is -2.11. The van der Waals surface area contributed by atoms with E-state index in [0.29, 0.717) is 5.56 Å². The summed E-state index contributed by atoms with van der Waals surface area (Å²) in [6.45, 7) is 3.85.